The van der Waals surface area contributed by atoms with Gasteiger partial charge >= 0.3 is 7.12 Å². The van der Waals surface area contributed by atoms with Crippen LogP contribution in [0.3, 0.4) is 0 Å². The quantitative estimate of drug-likeness (QED) is 0.443. The first-order chi connectivity index (χ1) is 4.13. The Morgan fingerprint density at radius 2 is 2.11 bits per heavy atom. The van der Waals surface area contributed by atoms with Gasteiger partial charge in [-0.25, -0.2) is 0 Å². The van der Waals surface area contributed by atoms with E-state index in [0.717, 1.165) is 0 Å². The molecule has 0 unspecified atom stereocenters. The van der Waals surface area contributed by atoms with E-state index < -0.39 is 13.2 Å². The molecule has 9 heavy (non-hydrogen) atoms. The molecule has 0 radical (unpaired) electrons. The van der Waals surface area contributed by atoms with Crippen LogP contribution in [0, 0.1) is 0 Å². The summed E-state index contributed by atoms with van der Waals surface area (Å²) in [6, 6.07) is 0. The molecule has 0 aliphatic rings. The zero-order valence-corrected chi connectivity index (χ0v) is 5.36. The Morgan fingerprint density at radius 3 is 2.44 bits per heavy atom. The summed E-state index contributed by atoms with van der Waals surface area (Å²) in [4.78, 5) is 0. The third-order valence-electron chi connectivity index (χ3n) is 0.785. The lowest BCUT2D eigenvalue weighted by Gasteiger charge is -1.95. The lowest BCUT2D eigenvalue weighted by atomic mass is 9.91. The second kappa shape index (κ2) is 4.55. The fourth-order valence-electron chi connectivity index (χ4n) is 0.397. The van der Waals surface area contributed by atoms with Crippen molar-refractivity contribution in [3.63, 3.8) is 0 Å². The van der Waals surface area contributed by atoms with Crippen molar-refractivity contribution < 1.29 is 15.2 Å². The minimum atomic E-state index is -1.40. The molecule has 0 bridgehead atoms. The molecule has 0 heterocycles. The monoisotopic (exact) mass is 130 g/mol. The van der Waals surface area contributed by atoms with Crippen molar-refractivity contribution in [1.82, 2.24) is 0 Å². The smallest absolute Gasteiger partial charge is 0.424 e. The molecule has 3 nitrogen and oxygen atoms in total. The van der Waals surface area contributed by atoms with Gasteiger partial charge in [-0.1, -0.05) is 12.1 Å². The van der Waals surface area contributed by atoms with Crippen LogP contribution >= 0.6 is 0 Å². The van der Waals surface area contributed by atoms with E-state index in [-0.39, 0.29) is 0 Å². The molecular weight excluding hydrogens is 119 g/mol. The summed E-state index contributed by atoms with van der Waals surface area (Å²) in [6.45, 7) is 1.63. The molecule has 0 saturated carbocycles. The summed E-state index contributed by atoms with van der Waals surface area (Å²) in [5, 5.41) is 25.2. The largest absolute Gasteiger partial charge is 0.480 e. The summed E-state index contributed by atoms with van der Waals surface area (Å²) in [7, 11) is -1.40. The molecule has 0 aliphatic carbocycles. The predicted octanol–water partition coefficient (Wildman–Crippen LogP) is -0.674. The van der Waals surface area contributed by atoms with Crippen molar-refractivity contribution in [2.24, 2.45) is 0 Å². The van der Waals surface area contributed by atoms with Crippen LogP contribution in [0.25, 0.3) is 0 Å². The highest BCUT2D eigenvalue weighted by atomic mass is 16.4. The van der Waals surface area contributed by atoms with Crippen molar-refractivity contribution in [3.8, 4) is 0 Å². The van der Waals surface area contributed by atoms with E-state index in [1.807, 2.05) is 0 Å². The Hall–Kier alpha value is -0.315. The Balaban J connectivity index is 3.25. The molecule has 0 amide bonds. The van der Waals surface area contributed by atoms with Crippen LogP contribution in [-0.2, 0) is 0 Å². The number of hydrogen-bond acceptors (Lipinski definition) is 3. The van der Waals surface area contributed by atoms with E-state index in [4.69, 9.17) is 15.2 Å². The normalized spacial score (nSPS) is 14.2. The lowest BCUT2D eigenvalue weighted by molar-refractivity contribution is 0.198. The van der Waals surface area contributed by atoms with Crippen molar-refractivity contribution in [2.75, 3.05) is 0 Å². The summed E-state index contributed by atoms with van der Waals surface area (Å²) >= 11 is 0. The van der Waals surface area contributed by atoms with Gasteiger partial charge < -0.3 is 15.2 Å². The van der Waals surface area contributed by atoms with Crippen LogP contribution in [0.1, 0.15) is 13.3 Å². The minimum Gasteiger partial charge on any atom is -0.424 e. The molecule has 0 aromatic carbocycles. The Bertz CT molecular complexity index is 90.2. The summed E-state index contributed by atoms with van der Waals surface area (Å²) in [5.74, 6) is 1.22. The molecule has 0 aromatic rings. The van der Waals surface area contributed by atoms with E-state index in [2.05, 4.69) is 0 Å². The van der Waals surface area contributed by atoms with Crippen molar-refractivity contribution in [2.45, 2.75) is 19.4 Å². The van der Waals surface area contributed by atoms with Crippen LogP contribution in [0.2, 0.25) is 0 Å². The van der Waals surface area contributed by atoms with Gasteiger partial charge in [-0.15, -0.1) is 0 Å². The van der Waals surface area contributed by atoms with Gasteiger partial charge in [0, 0.05) is 0 Å². The van der Waals surface area contributed by atoms with Crippen LogP contribution in [-0.4, -0.2) is 28.4 Å². The van der Waals surface area contributed by atoms with Gasteiger partial charge in [-0.2, -0.15) is 0 Å². The topological polar surface area (TPSA) is 60.7 Å². The minimum absolute atomic E-state index is 0.417. The standard InChI is InChI=1S/C5H11BO3/c1-5(7)3-2-4-6(8)9/h2,4-5,7-9H,3H2,1H3/b4-2+/t5-/m0/s1. The highest BCUT2D eigenvalue weighted by molar-refractivity contribution is 6.47. The first-order valence-electron chi connectivity index (χ1n) is 2.84. The molecule has 4 heteroatoms. The second-order valence-corrected chi connectivity index (χ2v) is 1.93. The number of aliphatic hydroxyl groups excluding tert-OH is 1. The van der Waals surface area contributed by atoms with Crippen LogP contribution < -0.4 is 0 Å². The molecule has 0 rings (SSSR count). The Labute approximate surface area is 54.8 Å². The maximum Gasteiger partial charge on any atom is 0.480 e. The average Bonchev–Trinajstić information content (AvgIpc) is 1.63. The van der Waals surface area contributed by atoms with E-state index >= 15 is 0 Å². The first-order valence-corrected chi connectivity index (χ1v) is 2.84. The molecule has 0 aliphatic heterocycles. The Morgan fingerprint density at radius 1 is 1.56 bits per heavy atom. The highest BCUT2D eigenvalue weighted by Gasteiger charge is 1.97. The summed E-state index contributed by atoms with van der Waals surface area (Å²) in [6.07, 6.45) is 1.56. The molecule has 52 valence electrons. The molecule has 0 spiro atoms. The van der Waals surface area contributed by atoms with Gasteiger partial charge in [0.05, 0.1) is 6.10 Å². The zero-order chi connectivity index (χ0) is 7.28. The van der Waals surface area contributed by atoms with Gasteiger partial charge in [0.25, 0.3) is 0 Å². The maximum atomic E-state index is 8.65. The van der Waals surface area contributed by atoms with Gasteiger partial charge in [0.2, 0.25) is 0 Å². The van der Waals surface area contributed by atoms with Crippen molar-refractivity contribution in [1.29, 1.82) is 0 Å². The zero-order valence-electron chi connectivity index (χ0n) is 5.36. The van der Waals surface area contributed by atoms with Gasteiger partial charge in [0.1, 0.15) is 0 Å². The predicted molar refractivity (Wildman–Crippen MR) is 35.6 cm³/mol. The lowest BCUT2D eigenvalue weighted by Crippen LogP contribution is -2.06. The van der Waals surface area contributed by atoms with Crippen LogP contribution in [0.15, 0.2) is 12.1 Å². The molecule has 1 atom stereocenters. The third kappa shape index (κ3) is 7.68. The number of rotatable bonds is 3. The maximum absolute atomic E-state index is 8.65. The summed E-state index contributed by atoms with van der Waals surface area (Å²) in [5.41, 5.74) is 0. The Kier molecular flexibility index (Phi) is 4.39. The highest BCUT2D eigenvalue weighted by Crippen LogP contribution is 1.90. The van der Waals surface area contributed by atoms with E-state index in [9.17, 15) is 0 Å². The van der Waals surface area contributed by atoms with Gasteiger partial charge in [-0.3, -0.25) is 0 Å². The second-order valence-electron chi connectivity index (χ2n) is 1.93. The van der Waals surface area contributed by atoms with Crippen molar-refractivity contribution in [3.05, 3.63) is 12.1 Å². The van der Waals surface area contributed by atoms with Crippen molar-refractivity contribution >= 4 is 7.12 Å². The molecule has 0 fully saturated rings. The third-order valence-corrected chi connectivity index (χ3v) is 0.785. The fraction of sp³-hybridized carbons (Fsp3) is 0.600. The SMILES string of the molecule is C[C@H](O)C/C=C/B(O)O. The number of hydrogen-bond donors (Lipinski definition) is 3. The van der Waals surface area contributed by atoms with E-state index in [1.165, 1.54) is 12.1 Å². The van der Waals surface area contributed by atoms with Crippen LogP contribution in [0.4, 0.5) is 0 Å². The van der Waals surface area contributed by atoms with Gasteiger partial charge in [0.15, 0.2) is 0 Å². The fourth-order valence-corrected chi connectivity index (χ4v) is 0.397. The average molecular weight is 130 g/mol. The molecular formula is C5H11BO3. The van der Waals surface area contributed by atoms with E-state index in [0.29, 0.717) is 6.42 Å². The van der Waals surface area contributed by atoms with Gasteiger partial charge in [-0.05, 0) is 13.3 Å². The molecule has 0 saturated heterocycles. The van der Waals surface area contributed by atoms with E-state index in [1.54, 1.807) is 6.92 Å². The number of aliphatic hydroxyl groups is 1. The molecule has 0 aromatic heterocycles. The first kappa shape index (κ1) is 8.68. The van der Waals surface area contributed by atoms with Crippen LogP contribution in [0.5, 0.6) is 0 Å². The summed E-state index contributed by atoms with van der Waals surface area (Å²) < 4.78 is 0. The molecule has 3 N–H and O–H groups in total.